The van der Waals surface area contributed by atoms with Crippen molar-refractivity contribution in [2.45, 2.75) is 27.3 Å². The predicted octanol–water partition coefficient (Wildman–Crippen LogP) is 3.51. The van der Waals surface area contributed by atoms with Gasteiger partial charge in [0.25, 0.3) is 5.91 Å². The quantitative estimate of drug-likeness (QED) is 0.515. The van der Waals surface area contributed by atoms with Crippen LogP contribution in [0.2, 0.25) is 0 Å². The van der Waals surface area contributed by atoms with Crippen molar-refractivity contribution < 1.29 is 28.3 Å². The van der Waals surface area contributed by atoms with Crippen LogP contribution in [-0.4, -0.2) is 37.4 Å². The van der Waals surface area contributed by atoms with E-state index in [9.17, 15) is 14.4 Å². The number of hydrogen-bond acceptors (Lipinski definition) is 6. The molecule has 1 N–H and O–H groups in total. The monoisotopic (exact) mass is 462 g/mol. The van der Waals surface area contributed by atoms with Gasteiger partial charge in [-0.3, -0.25) is 19.3 Å². The molecular formula is C26H26N2O6. The number of hydrogen-bond donors (Lipinski definition) is 1. The summed E-state index contributed by atoms with van der Waals surface area (Å²) in [5.74, 6) is 0.726. The van der Waals surface area contributed by atoms with Gasteiger partial charge in [-0.1, -0.05) is 6.07 Å². The number of benzene rings is 2. The number of Topliss-reactive ketones (excluding diaryl/α,β-unsaturated/α-hetero) is 1. The Labute approximate surface area is 197 Å². The van der Waals surface area contributed by atoms with Crippen molar-refractivity contribution in [1.82, 2.24) is 5.32 Å². The Morgan fingerprint density at radius 1 is 1.12 bits per heavy atom. The fourth-order valence-corrected chi connectivity index (χ4v) is 3.72. The van der Waals surface area contributed by atoms with Crippen molar-refractivity contribution in [3.05, 3.63) is 76.7 Å². The molecule has 0 saturated carbocycles. The van der Waals surface area contributed by atoms with Gasteiger partial charge < -0.3 is 19.2 Å². The van der Waals surface area contributed by atoms with E-state index in [1.54, 1.807) is 30.3 Å². The average Bonchev–Trinajstić information content (AvgIpc) is 3.34. The lowest BCUT2D eigenvalue weighted by molar-refractivity contribution is -0.125. The minimum Gasteiger partial charge on any atom is -0.485 e. The van der Waals surface area contributed by atoms with Crippen LogP contribution < -0.4 is 19.7 Å². The highest BCUT2D eigenvalue weighted by atomic mass is 16.5. The van der Waals surface area contributed by atoms with E-state index in [2.05, 4.69) is 11.4 Å². The van der Waals surface area contributed by atoms with Gasteiger partial charge in [-0.2, -0.15) is 0 Å². The lowest BCUT2D eigenvalue weighted by Crippen LogP contribution is -2.45. The van der Waals surface area contributed by atoms with E-state index >= 15 is 0 Å². The highest BCUT2D eigenvalue weighted by molar-refractivity contribution is 6.04. The number of ether oxygens (including phenoxy) is 2. The first-order valence-electron chi connectivity index (χ1n) is 10.9. The second kappa shape index (κ2) is 9.82. The van der Waals surface area contributed by atoms with E-state index in [0.717, 1.165) is 16.7 Å². The molecule has 2 heterocycles. The van der Waals surface area contributed by atoms with Gasteiger partial charge in [0.2, 0.25) is 5.91 Å². The Bertz CT molecular complexity index is 1230. The number of nitrogens with one attached hydrogen (secondary N) is 1. The van der Waals surface area contributed by atoms with Crippen molar-refractivity contribution in [1.29, 1.82) is 0 Å². The molecule has 2 amide bonds. The number of fused-ring (bicyclic) bond motifs is 1. The minimum atomic E-state index is -0.368. The Morgan fingerprint density at radius 2 is 1.94 bits per heavy atom. The minimum absolute atomic E-state index is 0.152. The summed E-state index contributed by atoms with van der Waals surface area (Å²) >= 11 is 0. The van der Waals surface area contributed by atoms with Crippen LogP contribution in [0.1, 0.15) is 32.8 Å². The number of carbonyl (C=O) groups is 3. The van der Waals surface area contributed by atoms with Crippen LogP contribution in [0.5, 0.6) is 11.5 Å². The Hall–Kier alpha value is -4.07. The predicted molar refractivity (Wildman–Crippen MR) is 125 cm³/mol. The molecule has 8 nitrogen and oxygen atoms in total. The molecule has 0 spiro atoms. The largest absolute Gasteiger partial charge is 0.485 e. The Kier molecular flexibility index (Phi) is 6.67. The summed E-state index contributed by atoms with van der Waals surface area (Å²) in [5.41, 5.74) is 3.86. The molecule has 0 fully saturated rings. The van der Waals surface area contributed by atoms with Crippen LogP contribution in [0.3, 0.4) is 0 Å². The topological polar surface area (TPSA) is 98.1 Å². The summed E-state index contributed by atoms with van der Waals surface area (Å²) in [5, 5.41) is 2.72. The molecule has 0 atom stereocenters. The number of carbonyl (C=O) groups excluding carboxylic acids is 3. The van der Waals surface area contributed by atoms with Gasteiger partial charge in [-0.25, -0.2) is 0 Å². The van der Waals surface area contributed by atoms with Gasteiger partial charge in [0, 0.05) is 5.56 Å². The molecule has 34 heavy (non-hydrogen) atoms. The molecule has 1 aliphatic heterocycles. The molecule has 1 aliphatic rings. The Balaban J connectivity index is 1.46. The van der Waals surface area contributed by atoms with Crippen molar-refractivity contribution >= 4 is 23.3 Å². The number of nitrogens with zero attached hydrogens (tertiary/aromatic N) is 1. The first-order chi connectivity index (χ1) is 16.3. The van der Waals surface area contributed by atoms with Crippen molar-refractivity contribution in [2.75, 3.05) is 24.7 Å². The number of amides is 2. The number of rotatable bonds is 8. The summed E-state index contributed by atoms with van der Waals surface area (Å²) in [7, 11) is 0. The lowest BCUT2D eigenvalue weighted by atomic mass is 10.1. The maximum atomic E-state index is 12.9. The van der Waals surface area contributed by atoms with E-state index < -0.39 is 0 Å². The summed E-state index contributed by atoms with van der Waals surface area (Å²) < 4.78 is 16.5. The van der Waals surface area contributed by atoms with Crippen LogP contribution in [0.25, 0.3) is 0 Å². The molecule has 3 aromatic rings. The molecule has 0 unspecified atom stereocenters. The van der Waals surface area contributed by atoms with E-state index in [0.29, 0.717) is 28.5 Å². The number of ketones is 1. The van der Waals surface area contributed by atoms with E-state index in [1.807, 2.05) is 26.8 Å². The van der Waals surface area contributed by atoms with E-state index in [4.69, 9.17) is 13.9 Å². The van der Waals surface area contributed by atoms with Gasteiger partial charge >= 0.3 is 0 Å². The maximum absolute atomic E-state index is 12.9. The first kappa shape index (κ1) is 23.1. The van der Waals surface area contributed by atoms with Gasteiger partial charge in [0.15, 0.2) is 19.0 Å². The second-order valence-electron chi connectivity index (χ2n) is 8.22. The standard InChI is InChI=1S/C26H26N2O6/c1-16-9-17(2)18(3)24(10-16)33-14-22(29)19-6-7-23-21(11-19)28(26(31)15-34-23)13-25(30)27-12-20-5-4-8-32-20/h4-11H,12-15H2,1-3H3,(H,27,30). The normalized spacial score (nSPS) is 12.7. The third kappa shape index (κ3) is 5.11. The SMILES string of the molecule is Cc1cc(C)c(C)c(OCC(=O)c2ccc3c(c2)N(CC(=O)NCc2ccco2)C(=O)CO3)c1. The molecule has 8 heteroatoms. The molecule has 4 rings (SSSR count). The molecule has 0 radical (unpaired) electrons. The molecule has 1 aromatic heterocycles. The van der Waals surface area contributed by atoms with Gasteiger partial charge in [-0.05, 0) is 73.9 Å². The van der Waals surface area contributed by atoms with E-state index in [-0.39, 0.29) is 43.9 Å². The molecule has 2 aromatic carbocycles. The van der Waals surface area contributed by atoms with Crippen molar-refractivity contribution in [3.8, 4) is 11.5 Å². The van der Waals surface area contributed by atoms with Crippen LogP contribution in [0, 0.1) is 20.8 Å². The Morgan fingerprint density at radius 3 is 2.71 bits per heavy atom. The zero-order valence-electron chi connectivity index (χ0n) is 19.3. The third-order valence-electron chi connectivity index (χ3n) is 5.69. The van der Waals surface area contributed by atoms with Crippen LogP contribution in [0.4, 0.5) is 5.69 Å². The van der Waals surface area contributed by atoms with Gasteiger partial charge in [0.1, 0.15) is 23.8 Å². The average molecular weight is 463 g/mol. The van der Waals surface area contributed by atoms with E-state index in [1.165, 1.54) is 11.2 Å². The molecule has 176 valence electrons. The van der Waals surface area contributed by atoms with Gasteiger partial charge in [-0.15, -0.1) is 0 Å². The zero-order valence-corrected chi connectivity index (χ0v) is 19.3. The molecule has 0 bridgehead atoms. The first-order valence-corrected chi connectivity index (χ1v) is 10.9. The molecule has 0 aliphatic carbocycles. The fourth-order valence-electron chi connectivity index (χ4n) is 3.72. The third-order valence-corrected chi connectivity index (χ3v) is 5.69. The maximum Gasteiger partial charge on any atom is 0.265 e. The number of anilines is 1. The van der Waals surface area contributed by atoms with Crippen molar-refractivity contribution in [2.24, 2.45) is 0 Å². The van der Waals surface area contributed by atoms with Crippen LogP contribution in [0.15, 0.2) is 53.1 Å². The number of furan rings is 1. The zero-order chi connectivity index (χ0) is 24.2. The summed E-state index contributed by atoms with van der Waals surface area (Å²) in [4.78, 5) is 39.2. The lowest BCUT2D eigenvalue weighted by Gasteiger charge is -2.29. The highest BCUT2D eigenvalue weighted by Crippen LogP contribution is 2.33. The van der Waals surface area contributed by atoms with Crippen LogP contribution in [-0.2, 0) is 16.1 Å². The number of aryl methyl sites for hydroxylation is 2. The summed E-state index contributed by atoms with van der Waals surface area (Å²) in [6, 6.07) is 12.3. The van der Waals surface area contributed by atoms with Crippen molar-refractivity contribution in [3.63, 3.8) is 0 Å². The summed E-state index contributed by atoms with van der Waals surface area (Å²) in [6.45, 7) is 5.60. The highest BCUT2D eigenvalue weighted by Gasteiger charge is 2.28. The fraction of sp³-hybridized carbons (Fsp3) is 0.269. The molecule has 0 saturated heterocycles. The summed E-state index contributed by atoms with van der Waals surface area (Å²) in [6.07, 6.45) is 1.52. The second-order valence-corrected chi connectivity index (χ2v) is 8.22. The molecular weight excluding hydrogens is 436 g/mol. The van der Waals surface area contributed by atoms with Crippen LogP contribution >= 0.6 is 0 Å². The van der Waals surface area contributed by atoms with Gasteiger partial charge in [0.05, 0.1) is 18.5 Å². The smallest absolute Gasteiger partial charge is 0.265 e.